The first-order chi connectivity index (χ1) is 10.5. The first kappa shape index (κ1) is 15.8. The molecule has 0 aliphatic heterocycles. The van der Waals surface area contributed by atoms with Crippen molar-refractivity contribution in [2.75, 3.05) is 0 Å². The lowest BCUT2D eigenvalue weighted by atomic mass is 10.1. The Morgan fingerprint density at radius 2 is 1.82 bits per heavy atom. The molecule has 7 heteroatoms. The molecule has 0 atom stereocenters. The van der Waals surface area contributed by atoms with E-state index in [9.17, 15) is 8.78 Å². The molecular weight excluding hydrogens is 308 g/mol. The lowest BCUT2D eigenvalue weighted by Gasteiger charge is -2.07. The van der Waals surface area contributed by atoms with Gasteiger partial charge in [0.1, 0.15) is 24.0 Å². The molecule has 0 spiro atoms. The number of benzene rings is 2. The Hall–Kier alpha value is -2.54. The molecule has 0 heterocycles. The van der Waals surface area contributed by atoms with Gasteiger partial charge < -0.3 is 10.5 Å². The maximum atomic E-state index is 13.0. The zero-order valence-corrected chi connectivity index (χ0v) is 12.2. The first-order valence-corrected chi connectivity index (χ1v) is 6.70. The molecule has 0 amide bonds. The Morgan fingerprint density at radius 3 is 2.41 bits per heavy atom. The van der Waals surface area contributed by atoms with Crippen molar-refractivity contribution in [3.8, 4) is 5.75 Å². The molecule has 0 aromatic heterocycles. The van der Waals surface area contributed by atoms with Crippen molar-refractivity contribution in [2.24, 2.45) is 10.8 Å². The van der Waals surface area contributed by atoms with Crippen LogP contribution in [0.5, 0.6) is 5.75 Å². The van der Waals surface area contributed by atoms with Gasteiger partial charge in [0.2, 0.25) is 0 Å². The number of ether oxygens (including phenoxy) is 1. The Morgan fingerprint density at radius 1 is 1.18 bits per heavy atom. The number of nitrogens with one attached hydrogen (secondary N) is 1. The minimum atomic E-state index is -0.674. The molecule has 0 saturated heterocycles. The predicted octanol–water partition coefficient (Wildman–Crippen LogP) is 2.71. The van der Waals surface area contributed by atoms with E-state index in [2.05, 4.69) is 22.7 Å². The molecule has 0 aliphatic rings. The van der Waals surface area contributed by atoms with E-state index in [1.165, 1.54) is 0 Å². The van der Waals surface area contributed by atoms with E-state index in [1.54, 1.807) is 6.21 Å². The van der Waals surface area contributed by atoms with Gasteiger partial charge in [-0.1, -0.05) is 24.3 Å². The Labute approximate surface area is 131 Å². The van der Waals surface area contributed by atoms with Crippen molar-refractivity contribution in [1.82, 2.24) is 5.43 Å². The van der Waals surface area contributed by atoms with Crippen molar-refractivity contribution in [2.45, 2.75) is 6.61 Å². The molecule has 2 rings (SSSR count). The Balaban J connectivity index is 1.93. The maximum absolute atomic E-state index is 13.0. The van der Waals surface area contributed by atoms with Gasteiger partial charge in [-0.25, -0.2) is 8.78 Å². The molecule has 0 unspecified atom stereocenters. The van der Waals surface area contributed by atoms with Crippen LogP contribution in [-0.4, -0.2) is 11.3 Å². The topological polar surface area (TPSA) is 59.6 Å². The summed E-state index contributed by atoms with van der Waals surface area (Å²) in [6.07, 6.45) is 1.56. The highest BCUT2D eigenvalue weighted by Gasteiger charge is 2.02. The molecule has 2 aromatic carbocycles. The van der Waals surface area contributed by atoms with Crippen LogP contribution in [0.15, 0.2) is 47.6 Å². The number of halogens is 2. The van der Waals surface area contributed by atoms with Gasteiger partial charge in [-0.05, 0) is 23.3 Å². The number of nitrogens with zero attached hydrogens (tertiary/aromatic N) is 1. The highest BCUT2D eigenvalue weighted by atomic mass is 32.1. The summed E-state index contributed by atoms with van der Waals surface area (Å²) in [7, 11) is 0. The van der Waals surface area contributed by atoms with Crippen LogP contribution < -0.4 is 15.9 Å². The number of hydrogen-bond donors (Lipinski definition) is 2. The molecular formula is C15H13F2N3OS. The highest BCUT2D eigenvalue weighted by Crippen LogP contribution is 2.17. The summed E-state index contributed by atoms with van der Waals surface area (Å²) in [5.41, 5.74) is 9.37. The van der Waals surface area contributed by atoms with Crippen LogP contribution in [0.1, 0.15) is 11.1 Å². The van der Waals surface area contributed by atoms with Gasteiger partial charge in [-0.15, -0.1) is 0 Å². The molecule has 0 aliphatic carbocycles. The summed E-state index contributed by atoms with van der Waals surface area (Å²) in [5, 5.41) is 3.91. The first-order valence-electron chi connectivity index (χ1n) is 6.29. The second-order valence-corrected chi connectivity index (χ2v) is 4.81. The minimum Gasteiger partial charge on any atom is -0.489 e. The van der Waals surface area contributed by atoms with Crippen LogP contribution >= 0.6 is 12.2 Å². The lowest BCUT2D eigenvalue weighted by Crippen LogP contribution is -2.23. The molecule has 4 nitrogen and oxygen atoms in total. The summed E-state index contributed by atoms with van der Waals surface area (Å²) in [6, 6.07) is 10.3. The summed E-state index contributed by atoms with van der Waals surface area (Å²) in [6.45, 7) is 0.200. The third kappa shape index (κ3) is 5.10. The quantitative estimate of drug-likeness (QED) is 0.505. The summed E-state index contributed by atoms with van der Waals surface area (Å²) < 4.78 is 31.4. The average Bonchev–Trinajstić information content (AvgIpc) is 2.45. The number of hydrogen-bond acceptors (Lipinski definition) is 3. The molecule has 3 N–H and O–H groups in total. The van der Waals surface area contributed by atoms with Gasteiger partial charge in [0.15, 0.2) is 5.11 Å². The maximum Gasteiger partial charge on any atom is 0.184 e. The Kier molecular flexibility index (Phi) is 5.37. The summed E-state index contributed by atoms with van der Waals surface area (Å²) in [4.78, 5) is 0. The van der Waals surface area contributed by atoms with Crippen molar-refractivity contribution in [1.29, 1.82) is 0 Å². The molecule has 0 saturated carbocycles. The normalized spacial score (nSPS) is 10.6. The van der Waals surface area contributed by atoms with Crippen molar-refractivity contribution in [3.05, 3.63) is 65.2 Å². The van der Waals surface area contributed by atoms with E-state index >= 15 is 0 Å². The van der Waals surface area contributed by atoms with E-state index < -0.39 is 11.6 Å². The van der Waals surface area contributed by atoms with Crippen LogP contribution in [-0.2, 0) is 6.61 Å². The third-order valence-electron chi connectivity index (χ3n) is 2.61. The lowest BCUT2D eigenvalue weighted by molar-refractivity contribution is 0.302. The molecule has 0 bridgehead atoms. The second-order valence-electron chi connectivity index (χ2n) is 4.37. The van der Waals surface area contributed by atoms with E-state index in [4.69, 9.17) is 10.5 Å². The van der Waals surface area contributed by atoms with Gasteiger partial charge in [0.05, 0.1) is 6.21 Å². The minimum absolute atomic E-state index is 0.0867. The standard InChI is InChI=1S/C15H13F2N3OS/c16-12-5-13(17)7-14(6-12)21-9-11-3-1-10(2-4-11)8-19-20-15(18)22/h1-8H,9H2,(H3,18,20,22). The number of nitrogens with two attached hydrogens (primary N) is 1. The van der Waals surface area contributed by atoms with Crippen LogP contribution in [0.3, 0.4) is 0 Å². The molecule has 22 heavy (non-hydrogen) atoms. The molecule has 0 fully saturated rings. The summed E-state index contributed by atoms with van der Waals surface area (Å²) >= 11 is 4.61. The van der Waals surface area contributed by atoms with Gasteiger partial charge in [-0.3, -0.25) is 5.43 Å². The van der Waals surface area contributed by atoms with E-state index in [0.29, 0.717) is 0 Å². The SMILES string of the molecule is NC(=S)NN=Cc1ccc(COc2cc(F)cc(F)c2)cc1. The zero-order valence-electron chi connectivity index (χ0n) is 11.4. The van der Waals surface area contributed by atoms with Gasteiger partial charge in [0, 0.05) is 18.2 Å². The zero-order chi connectivity index (χ0) is 15.9. The smallest absolute Gasteiger partial charge is 0.184 e. The van der Waals surface area contributed by atoms with Crippen LogP contribution in [0.25, 0.3) is 0 Å². The fourth-order valence-electron chi connectivity index (χ4n) is 1.65. The highest BCUT2D eigenvalue weighted by molar-refractivity contribution is 7.80. The fraction of sp³-hybridized carbons (Fsp3) is 0.0667. The number of thiocarbonyl (C=S) groups is 1. The largest absolute Gasteiger partial charge is 0.489 e. The van der Waals surface area contributed by atoms with E-state index in [-0.39, 0.29) is 17.5 Å². The van der Waals surface area contributed by atoms with Crippen molar-refractivity contribution < 1.29 is 13.5 Å². The fourth-order valence-corrected chi connectivity index (χ4v) is 1.70. The molecule has 0 radical (unpaired) electrons. The van der Waals surface area contributed by atoms with Gasteiger partial charge in [-0.2, -0.15) is 5.10 Å². The van der Waals surface area contributed by atoms with Crippen LogP contribution in [0, 0.1) is 11.6 Å². The predicted molar refractivity (Wildman–Crippen MR) is 84.6 cm³/mol. The molecule has 2 aromatic rings. The van der Waals surface area contributed by atoms with E-state index in [0.717, 1.165) is 29.3 Å². The summed E-state index contributed by atoms with van der Waals surface area (Å²) in [5.74, 6) is -1.21. The number of hydrazone groups is 1. The molecule has 114 valence electrons. The van der Waals surface area contributed by atoms with Gasteiger partial charge in [0.25, 0.3) is 0 Å². The number of rotatable bonds is 5. The van der Waals surface area contributed by atoms with Crippen molar-refractivity contribution >= 4 is 23.5 Å². The third-order valence-corrected chi connectivity index (χ3v) is 2.70. The average molecular weight is 321 g/mol. The Bertz CT molecular complexity index is 669. The van der Waals surface area contributed by atoms with Crippen LogP contribution in [0.4, 0.5) is 8.78 Å². The second kappa shape index (κ2) is 7.46. The monoisotopic (exact) mass is 321 g/mol. The van der Waals surface area contributed by atoms with Gasteiger partial charge >= 0.3 is 0 Å². The van der Waals surface area contributed by atoms with Crippen LogP contribution in [0.2, 0.25) is 0 Å². The van der Waals surface area contributed by atoms with Crippen molar-refractivity contribution in [3.63, 3.8) is 0 Å². The van der Waals surface area contributed by atoms with E-state index in [1.807, 2.05) is 24.3 Å².